The number of carbonyl (C=O) groups excluding carboxylic acids is 2. The van der Waals surface area contributed by atoms with E-state index in [4.69, 9.17) is 16.2 Å². The van der Waals surface area contributed by atoms with Gasteiger partial charge in [0.15, 0.2) is 0 Å². The summed E-state index contributed by atoms with van der Waals surface area (Å²) >= 11 is 6.14. The molecule has 1 aliphatic carbocycles. The predicted octanol–water partition coefficient (Wildman–Crippen LogP) is 3.33. The highest BCUT2D eigenvalue weighted by Crippen LogP contribution is 2.60. The van der Waals surface area contributed by atoms with Crippen LogP contribution in [0.15, 0.2) is 35.0 Å². The summed E-state index contributed by atoms with van der Waals surface area (Å²) in [7, 11) is 1.79. The molecule has 2 heterocycles. The van der Waals surface area contributed by atoms with Crippen molar-refractivity contribution in [3.05, 3.63) is 52.3 Å². The van der Waals surface area contributed by atoms with E-state index in [0.29, 0.717) is 36.0 Å². The molecule has 2 amide bonds. The van der Waals surface area contributed by atoms with Gasteiger partial charge in [-0.3, -0.25) is 9.59 Å². The highest BCUT2D eigenvalue weighted by atomic mass is 35.5. The minimum absolute atomic E-state index is 0.0144. The van der Waals surface area contributed by atoms with Crippen LogP contribution in [0.2, 0.25) is 5.02 Å². The van der Waals surface area contributed by atoms with Crippen molar-refractivity contribution in [1.82, 2.24) is 20.1 Å². The second-order valence-corrected chi connectivity index (χ2v) is 8.70. The smallest absolute Gasteiger partial charge is 0.246 e. The normalized spacial score (nSPS) is 20.0. The first-order valence-corrected chi connectivity index (χ1v) is 10.5. The van der Waals surface area contributed by atoms with Crippen LogP contribution < -0.4 is 0 Å². The van der Waals surface area contributed by atoms with Crippen LogP contribution in [0.1, 0.15) is 36.2 Å². The molecule has 8 heteroatoms. The van der Waals surface area contributed by atoms with E-state index < -0.39 is 0 Å². The summed E-state index contributed by atoms with van der Waals surface area (Å²) in [5, 5.41) is 8.24. The fourth-order valence-electron chi connectivity index (χ4n) is 4.26. The molecule has 1 saturated carbocycles. The van der Waals surface area contributed by atoms with Crippen LogP contribution >= 0.6 is 11.6 Å². The number of halogens is 1. The zero-order chi connectivity index (χ0) is 21.3. The first kappa shape index (κ1) is 20.6. The first-order chi connectivity index (χ1) is 14.4. The molecule has 1 saturated heterocycles. The van der Waals surface area contributed by atoms with Gasteiger partial charge in [0, 0.05) is 37.2 Å². The summed E-state index contributed by atoms with van der Waals surface area (Å²) in [4.78, 5) is 29.0. The Bertz CT molecular complexity index is 978. The third kappa shape index (κ3) is 4.12. The Morgan fingerprint density at radius 3 is 2.70 bits per heavy atom. The molecule has 1 spiro atoms. The number of piperidine rings is 1. The van der Waals surface area contributed by atoms with E-state index in [2.05, 4.69) is 10.3 Å². The molecule has 4 rings (SSSR count). The lowest BCUT2D eigenvalue weighted by molar-refractivity contribution is -0.133. The lowest BCUT2D eigenvalue weighted by atomic mass is 9.90. The zero-order valence-corrected chi connectivity index (χ0v) is 17.9. The second-order valence-electron chi connectivity index (χ2n) is 8.29. The highest BCUT2D eigenvalue weighted by molar-refractivity contribution is 6.32. The first-order valence-electron chi connectivity index (χ1n) is 10.1. The molecule has 1 atom stereocenters. The number of nitrogens with zero attached hydrogens (tertiary/aromatic N) is 4. The lowest BCUT2D eigenvalue weighted by Gasteiger charge is -2.32. The SMILES string of the molecule is Cc1nonc1CN(C)C(=O)C1CC12CCN(C(=O)/C=C/c1ccccc1Cl)CC2. The average Bonchev–Trinajstić information content (AvgIpc) is 3.29. The molecular weight excluding hydrogens is 404 g/mol. The van der Waals surface area contributed by atoms with E-state index in [0.717, 1.165) is 24.8 Å². The topological polar surface area (TPSA) is 79.5 Å². The second kappa shape index (κ2) is 8.22. The van der Waals surface area contributed by atoms with Crippen molar-refractivity contribution in [2.75, 3.05) is 20.1 Å². The third-order valence-electron chi connectivity index (χ3n) is 6.38. The molecule has 1 aromatic heterocycles. The maximum atomic E-state index is 12.9. The summed E-state index contributed by atoms with van der Waals surface area (Å²) in [6, 6.07) is 7.44. The van der Waals surface area contributed by atoms with Gasteiger partial charge in [-0.15, -0.1) is 0 Å². The summed E-state index contributed by atoms with van der Waals surface area (Å²) in [6.07, 6.45) is 5.94. The van der Waals surface area contributed by atoms with E-state index in [9.17, 15) is 9.59 Å². The van der Waals surface area contributed by atoms with Gasteiger partial charge < -0.3 is 9.80 Å². The molecule has 30 heavy (non-hydrogen) atoms. The van der Waals surface area contributed by atoms with Gasteiger partial charge in [-0.25, -0.2) is 4.63 Å². The standard InChI is InChI=1S/C22H25ClN4O3/c1-15-19(25-30-24-15)14-26(2)21(29)17-13-22(17)9-11-27(12-10-22)20(28)8-7-16-5-3-4-6-18(16)23/h3-8,17H,9-14H2,1-2H3/b8-7+. The van der Waals surface area contributed by atoms with Crippen molar-refractivity contribution in [2.45, 2.75) is 32.7 Å². The number of hydrogen-bond donors (Lipinski definition) is 0. The Morgan fingerprint density at radius 1 is 1.30 bits per heavy atom. The Morgan fingerprint density at radius 2 is 2.03 bits per heavy atom. The van der Waals surface area contributed by atoms with Crippen LogP contribution in [0, 0.1) is 18.3 Å². The van der Waals surface area contributed by atoms with Gasteiger partial charge in [-0.1, -0.05) is 40.1 Å². The van der Waals surface area contributed by atoms with E-state index >= 15 is 0 Å². The molecule has 1 aromatic carbocycles. The van der Waals surface area contributed by atoms with Crippen LogP contribution in [0.25, 0.3) is 6.08 Å². The maximum Gasteiger partial charge on any atom is 0.246 e. The largest absolute Gasteiger partial charge is 0.339 e. The molecule has 2 fully saturated rings. The van der Waals surface area contributed by atoms with Crippen LogP contribution in [-0.2, 0) is 16.1 Å². The number of carbonyl (C=O) groups is 2. The van der Waals surface area contributed by atoms with Crippen LogP contribution in [-0.4, -0.2) is 52.1 Å². The Hall–Kier alpha value is -2.67. The van der Waals surface area contributed by atoms with Crippen molar-refractivity contribution in [3.63, 3.8) is 0 Å². The van der Waals surface area contributed by atoms with Crippen molar-refractivity contribution in [1.29, 1.82) is 0 Å². The number of hydrogen-bond acceptors (Lipinski definition) is 5. The lowest BCUT2D eigenvalue weighted by Crippen LogP contribution is -2.40. The van der Waals surface area contributed by atoms with E-state index in [-0.39, 0.29) is 23.1 Å². The third-order valence-corrected chi connectivity index (χ3v) is 6.72. The number of aromatic nitrogens is 2. The molecule has 1 unspecified atom stereocenters. The molecular formula is C22H25ClN4O3. The van der Waals surface area contributed by atoms with Crippen molar-refractivity contribution in [2.24, 2.45) is 11.3 Å². The number of amides is 2. The summed E-state index contributed by atoms with van der Waals surface area (Å²) < 4.78 is 4.71. The van der Waals surface area contributed by atoms with Crippen LogP contribution in [0.3, 0.4) is 0 Å². The Kier molecular flexibility index (Phi) is 5.64. The van der Waals surface area contributed by atoms with Gasteiger partial charge >= 0.3 is 0 Å². The highest BCUT2D eigenvalue weighted by Gasteiger charge is 2.59. The average molecular weight is 429 g/mol. The number of aryl methyl sites for hydroxylation is 1. The summed E-state index contributed by atoms with van der Waals surface area (Å²) in [6.45, 7) is 3.56. The molecule has 0 N–H and O–H groups in total. The molecule has 0 bridgehead atoms. The monoisotopic (exact) mass is 428 g/mol. The Labute approximate surface area is 180 Å². The molecule has 7 nitrogen and oxygen atoms in total. The van der Waals surface area contributed by atoms with Gasteiger partial charge in [0.25, 0.3) is 0 Å². The quantitative estimate of drug-likeness (QED) is 0.682. The molecule has 2 aromatic rings. The minimum atomic E-state index is -0.0144. The van der Waals surface area contributed by atoms with Crippen molar-refractivity contribution >= 4 is 29.5 Å². The van der Waals surface area contributed by atoms with E-state index in [1.807, 2.05) is 30.0 Å². The minimum Gasteiger partial charge on any atom is -0.339 e. The van der Waals surface area contributed by atoms with Crippen molar-refractivity contribution in [3.8, 4) is 0 Å². The predicted molar refractivity (Wildman–Crippen MR) is 112 cm³/mol. The molecule has 0 radical (unpaired) electrons. The van der Waals surface area contributed by atoms with E-state index in [1.54, 1.807) is 30.2 Å². The van der Waals surface area contributed by atoms with Gasteiger partial charge in [-0.05, 0) is 49.3 Å². The Balaban J connectivity index is 1.29. The number of benzene rings is 1. The van der Waals surface area contributed by atoms with Gasteiger partial charge in [-0.2, -0.15) is 0 Å². The summed E-state index contributed by atoms with van der Waals surface area (Å²) in [5.41, 5.74) is 2.25. The number of likely N-dealkylation sites (tertiary alicyclic amines) is 1. The molecule has 2 aliphatic rings. The van der Waals surface area contributed by atoms with E-state index in [1.165, 1.54) is 0 Å². The molecule has 158 valence electrons. The number of rotatable bonds is 5. The van der Waals surface area contributed by atoms with Gasteiger partial charge in [0.05, 0.1) is 6.54 Å². The summed E-state index contributed by atoms with van der Waals surface area (Å²) in [5.74, 6) is 0.147. The van der Waals surface area contributed by atoms with Crippen molar-refractivity contribution < 1.29 is 14.2 Å². The van der Waals surface area contributed by atoms with Gasteiger partial charge in [0.2, 0.25) is 11.8 Å². The molecule has 1 aliphatic heterocycles. The fraction of sp³-hybridized carbons (Fsp3) is 0.455. The fourth-order valence-corrected chi connectivity index (χ4v) is 4.46. The van der Waals surface area contributed by atoms with Crippen LogP contribution in [0.4, 0.5) is 0 Å². The maximum absolute atomic E-state index is 12.9. The van der Waals surface area contributed by atoms with Gasteiger partial charge in [0.1, 0.15) is 11.4 Å². The zero-order valence-electron chi connectivity index (χ0n) is 17.2. The van der Waals surface area contributed by atoms with Crippen LogP contribution in [0.5, 0.6) is 0 Å².